The van der Waals surface area contributed by atoms with Crippen molar-refractivity contribution in [2.45, 2.75) is 57.3 Å². The highest BCUT2D eigenvalue weighted by Crippen LogP contribution is 2.36. The van der Waals surface area contributed by atoms with E-state index in [1.165, 1.54) is 16.7 Å². The number of carbonyl (C=O) groups excluding carboxylic acids is 1. The van der Waals surface area contributed by atoms with Gasteiger partial charge in [-0.2, -0.15) is 0 Å². The fraction of sp³-hybridized carbons (Fsp3) is 0.345. The Morgan fingerprint density at radius 1 is 1.06 bits per heavy atom. The molecule has 1 N–H and O–H groups in total. The highest BCUT2D eigenvalue weighted by atomic mass is 16.4. The zero-order valence-electron chi connectivity index (χ0n) is 19.1. The summed E-state index contributed by atoms with van der Waals surface area (Å²) in [5.74, 6) is -0.247. The smallest absolute Gasteiger partial charge is 0.306 e. The largest absolute Gasteiger partial charge is 0.481 e. The van der Waals surface area contributed by atoms with E-state index in [0.717, 1.165) is 61.6 Å². The summed E-state index contributed by atoms with van der Waals surface area (Å²) in [6, 6.07) is 20.9. The van der Waals surface area contributed by atoms with Crippen molar-refractivity contribution in [1.82, 2.24) is 4.98 Å². The van der Waals surface area contributed by atoms with Gasteiger partial charge in [0.05, 0.1) is 5.92 Å². The molecule has 4 heteroatoms. The first-order valence-corrected chi connectivity index (χ1v) is 11.8. The maximum Gasteiger partial charge on any atom is 0.306 e. The summed E-state index contributed by atoms with van der Waals surface area (Å²) in [7, 11) is 0. The molecule has 4 nitrogen and oxygen atoms in total. The van der Waals surface area contributed by atoms with E-state index in [9.17, 15) is 14.7 Å². The molecular weight excluding hydrogens is 410 g/mol. The van der Waals surface area contributed by atoms with E-state index in [2.05, 4.69) is 47.4 Å². The van der Waals surface area contributed by atoms with Crippen LogP contribution in [0.15, 0.2) is 66.9 Å². The number of rotatable bonds is 8. The third-order valence-electron chi connectivity index (χ3n) is 7.07. The average molecular weight is 442 g/mol. The standard InChI is InChI=1S/C29H31NO3/c1-20-18-25(16-17-30-20)28(27-5-3-2-4-26(27)19-31)15-8-21-6-9-22(10-7-21)23-11-13-24(14-12-23)29(32)33/h2-7,9-10,16-19,23-24,28H,8,11-15H2,1H3,(H,32,33). The van der Waals surface area contributed by atoms with Crippen molar-refractivity contribution in [3.05, 3.63) is 100 Å². The number of aromatic nitrogens is 1. The normalized spacial score (nSPS) is 19.1. The number of aryl methyl sites for hydroxylation is 2. The summed E-state index contributed by atoms with van der Waals surface area (Å²) in [5, 5.41) is 9.23. The van der Waals surface area contributed by atoms with Crippen molar-refractivity contribution in [3.8, 4) is 0 Å². The van der Waals surface area contributed by atoms with E-state index in [1.54, 1.807) is 0 Å². The number of benzene rings is 2. The quantitative estimate of drug-likeness (QED) is 0.415. The monoisotopic (exact) mass is 441 g/mol. The van der Waals surface area contributed by atoms with Gasteiger partial charge >= 0.3 is 5.97 Å². The number of hydrogen-bond donors (Lipinski definition) is 1. The molecule has 1 aromatic heterocycles. The van der Waals surface area contributed by atoms with E-state index in [0.29, 0.717) is 5.92 Å². The van der Waals surface area contributed by atoms with Crippen molar-refractivity contribution in [3.63, 3.8) is 0 Å². The van der Waals surface area contributed by atoms with Crippen LogP contribution in [-0.4, -0.2) is 22.3 Å². The van der Waals surface area contributed by atoms with Gasteiger partial charge in [-0.25, -0.2) is 0 Å². The average Bonchev–Trinajstić information content (AvgIpc) is 2.85. The van der Waals surface area contributed by atoms with Gasteiger partial charge in [0, 0.05) is 23.4 Å². The molecule has 2 aromatic carbocycles. The van der Waals surface area contributed by atoms with Crippen molar-refractivity contribution in [2.75, 3.05) is 0 Å². The van der Waals surface area contributed by atoms with Gasteiger partial charge in [-0.3, -0.25) is 14.6 Å². The Hall–Kier alpha value is -3.27. The zero-order chi connectivity index (χ0) is 23.2. The molecule has 0 spiro atoms. The predicted molar refractivity (Wildman–Crippen MR) is 130 cm³/mol. The maximum atomic E-state index is 11.7. The van der Waals surface area contributed by atoms with E-state index in [4.69, 9.17) is 0 Å². The lowest BCUT2D eigenvalue weighted by atomic mass is 9.78. The molecule has 1 unspecified atom stereocenters. The van der Waals surface area contributed by atoms with Crippen LogP contribution < -0.4 is 0 Å². The SMILES string of the molecule is Cc1cc(C(CCc2ccc(C3CCC(C(=O)O)CC3)cc2)c2ccccc2C=O)ccn1. The molecular formula is C29H31NO3. The lowest BCUT2D eigenvalue weighted by Crippen LogP contribution is -2.20. The molecule has 0 amide bonds. The van der Waals surface area contributed by atoms with Crippen LogP contribution in [0.4, 0.5) is 0 Å². The van der Waals surface area contributed by atoms with Gasteiger partial charge in [0.2, 0.25) is 0 Å². The Labute approximate surface area is 195 Å². The minimum absolute atomic E-state index is 0.124. The fourth-order valence-electron chi connectivity index (χ4n) is 5.16. The predicted octanol–water partition coefficient (Wildman–Crippen LogP) is 6.33. The Kier molecular flexibility index (Phi) is 7.33. The minimum Gasteiger partial charge on any atom is -0.481 e. The number of aldehydes is 1. The summed E-state index contributed by atoms with van der Waals surface area (Å²) < 4.78 is 0. The number of pyridine rings is 1. The van der Waals surface area contributed by atoms with Crippen LogP contribution in [0.25, 0.3) is 0 Å². The number of aliphatic carboxylic acids is 1. The van der Waals surface area contributed by atoms with Crippen LogP contribution in [-0.2, 0) is 11.2 Å². The molecule has 0 aliphatic heterocycles. The number of carbonyl (C=O) groups is 2. The summed E-state index contributed by atoms with van der Waals surface area (Å²) in [4.78, 5) is 27.3. The van der Waals surface area contributed by atoms with Crippen molar-refractivity contribution in [2.24, 2.45) is 5.92 Å². The third-order valence-corrected chi connectivity index (χ3v) is 7.07. The minimum atomic E-state index is -0.654. The Morgan fingerprint density at radius 3 is 2.45 bits per heavy atom. The van der Waals surface area contributed by atoms with Gasteiger partial charge in [-0.1, -0.05) is 48.5 Å². The highest BCUT2D eigenvalue weighted by molar-refractivity contribution is 5.78. The summed E-state index contributed by atoms with van der Waals surface area (Å²) in [5.41, 5.74) is 6.55. The van der Waals surface area contributed by atoms with E-state index < -0.39 is 5.97 Å². The molecule has 1 heterocycles. The summed E-state index contributed by atoms with van der Waals surface area (Å²) >= 11 is 0. The Bertz CT molecular complexity index is 1100. The molecule has 1 aliphatic rings. The van der Waals surface area contributed by atoms with Crippen LogP contribution in [0, 0.1) is 12.8 Å². The van der Waals surface area contributed by atoms with Gasteiger partial charge < -0.3 is 5.11 Å². The molecule has 0 bridgehead atoms. The second-order valence-corrected chi connectivity index (χ2v) is 9.20. The summed E-state index contributed by atoms with van der Waals surface area (Å²) in [6.07, 6.45) is 8.03. The lowest BCUT2D eigenvalue weighted by molar-refractivity contribution is -0.142. The molecule has 4 rings (SSSR count). The van der Waals surface area contributed by atoms with Crippen LogP contribution >= 0.6 is 0 Å². The van der Waals surface area contributed by atoms with Crippen LogP contribution in [0.1, 0.15) is 82.2 Å². The van der Waals surface area contributed by atoms with E-state index >= 15 is 0 Å². The number of carboxylic acids is 1. The van der Waals surface area contributed by atoms with Gasteiger partial charge in [-0.15, -0.1) is 0 Å². The van der Waals surface area contributed by atoms with Crippen LogP contribution in [0.2, 0.25) is 0 Å². The Balaban J connectivity index is 1.48. The van der Waals surface area contributed by atoms with Gasteiger partial charge in [-0.05, 0) is 85.8 Å². The molecule has 1 atom stereocenters. The molecule has 1 saturated carbocycles. The zero-order valence-corrected chi connectivity index (χ0v) is 19.1. The molecule has 3 aromatic rings. The number of nitrogens with zero attached hydrogens (tertiary/aromatic N) is 1. The van der Waals surface area contributed by atoms with Gasteiger partial charge in [0.1, 0.15) is 6.29 Å². The fourth-order valence-corrected chi connectivity index (χ4v) is 5.16. The number of hydrogen-bond acceptors (Lipinski definition) is 3. The van der Waals surface area contributed by atoms with E-state index in [-0.39, 0.29) is 11.8 Å². The van der Waals surface area contributed by atoms with Crippen LogP contribution in [0.3, 0.4) is 0 Å². The summed E-state index contributed by atoms with van der Waals surface area (Å²) in [6.45, 7) is 1.99. The number of carboxylic acid groups (broad SMARTS) is 1. The first-order chi connectivity index (χ1) is 16.0. The first kappa shape index (κ1) is 22.9. The lowest BCUT2D eigenvalue weighted by Gasteiger charge is -2.26. The second-order valence-electron chi connectivity index (χ2n) is 9.20. The topological polar surface area (TPSA) is 67.3 Å². The molecule has 1 aliphatic carbocycles. The van der Waals surface area contributed by atoms with Crippen LogP contribution in [0.5, 0.6) is 0 Å². The molecule has 0 radical (unpaired) electrons. The van der Waals surface area contributed by atoms with Crippen molar-refractivity contribution >= 4 is 12.3 Å². The second kappa shape index (κ2) is 10.6. The van der Waals surface area contributed by atoms with Crippen molar-refractivity contribution in [1.29, 1.82) is 0 Å². The molecule has 0 saturated heterocycles. The molecule has 170 valence electrons. The molecule has 1 fully saturated rings. The third kappa shape index (κ3) is 5.57. The highest BCUT2D eigenvalue weighted by Gasteiger charge is 2.26. The first-order valence-electron chi connectivity index (χ1n) is 11.8. The van der Waals surface area contributed by atoms with Gasteiger partial charge in [0.15, 0.2) is 0 Å². The molecule has 33 heavy (non-hydrogen) atoms. The van der Waals surface area contributed by atoms with E-state index in [1.807, 2.05) is 31.3 Å². The van der Waals surface area contributed by atoms with Gasteiger partial charge in [0.25, 0.3) is 0 Å². The van der Waals surface area contributed by atoms with Crippen molar-refractivity contribution < 1.29 is 14.7 Å². The maximum absolute atomic E-state index is 11.7. The Morgan fingerprint density at radius 2 is 1.79 bits per heavy atom.